The third-order valence-corrected chi connectivity index (χ3v) is 6.09. The first kappa shape index (κ1) is 18.6. The highest BCUT2D eigenvalue weighted by Gasteiger charge is 2.31. The molecule has 6 nitrogen and oxygen atoms in total. The first-order valence-electron chi connectivity index (χ1n) is 8.99. The molecular formula is C18H20F2N2O4S. The van der Waals surface area contributed by atoms with Crippen LogP contribution >= 0.6 is 11.8 Å². The largest absolute Gasteiger partial charge is 0.363 e. The second kappa shape index (κ2) is 7.73. The highest BCUT2D eigenvalue weighted by Crippen LogP contribution is 2.37. The topological polar surface area (TPSA) is 73.6 Å². The number of nitrogens with one attached hydrogen (secondary N) is 1. The summed E-state index contributed by atoms with van der Waals surface area (Å²) < 4.78 is 44.5. The summed E-state index contributed by atoms with van der Waals surface area (Å²) in [5, 5.41) is 7.68. The van der Waals surface area contributed by atoms with Gasteiger partial charge in [-0.2, -0.15) is 4.39 Å². The number of thioether (sulfide) groups is 1. The van der Waals surface area contributed by atoms with Gasteiger partial charge in [0.25, 0.3) is 0 Å². The van der Waals surface area contributed by atoms with Gasteiger partial charge < -0.3 is 19.3 Å². The minimum absolute atomic E-state index is 0.00325. The van der Waals surface area contributed by atoms with E-state index in [2.05, 4.69) is 10.5 Å². The van der Waals surface area contributed by atoms with Crippen LogP contribution in [0.2, 0.25) is 0 Å². The highest BCUT2D eigenvalue weighted by atomic mass is 32.2. The monoisotopic (exact) mass is 398 g/mol. The van der Waals surface area contributed by atoms with Crippen molar-refractivity contribution in [1.29, 1.82) is 0 Å². The van der Waals surface area contributed by atoms with Crippen LogP contribution in [0, 0.1) is 11.6 Å². The lowest BCUT2D eigenvalue weighted by atomic mass is 9.94. The molecule has 1 aromatic heterocycles. The van der Waals surface area contributed by atoms with Crippen molar-refractivity contribution in [2.45, 2.75) is 50.2 Å². The highest BCUT2D eigenvalue weighted by molar-refractivity contribution is 8.14. The van der Waals surface area contributed by atoms with E-state index in [9.17, 15) is 13.6 Å². The molecule has 9 heteroatoms. The second-order valence-electron chi connectivity index (χ2n) is 6.76. The van der Waals surface area contributed by atoms with E-state index in [1.54, 1.807) is 6.92 Å². The van der Waals surface area contributed by atoms with Gasteiger partial charge in [-0.3, -0.25) is 4.79 Å². The summed E-state index contributed by atoms with van der Waals surface area (Å²) in [5.41, 5.74) is -0.259. The number of ether oxygens (including phenoxy) is 2. The molecule has 2 fully saturated rings. The lowest BCUT2D eigenvalue weighted by molar-refractivity contribution is -0.109. The Hall–Kier alpha value is -1.71. The molecule has 0 amide bonds. The SMILES string of the molecule is CC(=O)S[C@@H]1CCCC[C@@H]1Nc1noc2c(F)c(F)c(C3OCCO3)cc12. The van der Waals surface area contributed by atoms with Crippen molar-refractivity contribution in [3.8, 4) is 0 Å². The third-order valence-electron chi connectivity index (χ3n) is 4.89. The minimum Gasteiger partial charge on any atom is -0.363 e. The molecule has 2 atom stereocenters. The fourth-order valence-electron chi connectivity index (χ4n) is 3.64. The van der Waals surface area contributed by atoms with Gasteiger partial charge in [0.15, 0.2) is 23.0 Å². The van der Waals surface area contributed by atoms with Gasteiger partial charge in [0.2, 0.25) is 11.4 Å². The minimum atomic E-state index is -1.11. The van der Waals surface area contributed by atoms with E-state index in [-0.39, 0.29) is 27.6 Å². The Balaban J connectivity index is 1.66. The van der Waals surface area contributed by atoms with Crippen molar-refractivity contribution in [2.75, 3.05) is 18.5 Å². The Morgan fingerprint density at radius 1 is 1.22 bits per heavy atom. The quantitative estimate of drug-likeness (QED) is 0.829. The number of benzene rings is 1. The maximum absolute atomic E-state index is 14.5. The molecule has 0 unspecified atom stereocenters. The summed E-state index contributed by atoms with van der Waals surface area (Å²) >= 11 is 1.31. The maximum atomic E-state index is 14.5. The second-order valence-corrected chi connectivity index (χ2v) is 8.17. The predicted molar refractivity (Wildman–Crippen MR) is 96.5 cm³/mol. The van der Waals surface area contributed by atoms with Crippen LogP contribution < -0.4 is 5.32 Å². The van der Waals surface area contributed by atoms with Crippen molar-refractivity contribution in [3.63, 3.8) is 0 Å². The van der Waals surface area contributed by atoms with E-state index < -0.39 is 17.9 Å². The van der Waals surface area contributed by atoms with Crippen molar-refractivity contribution in [3.05, 3.63) is 23.3 Å². The Morgan fingerprint density at radius 2 is 1.96 bits per heavy atom. The molecule has 2 aliphatic rings. The van der Waals surface area contributed by atoms with Gasteiger partial charge >= 0.3 is 0 Å². The molecule has 0 radical (unpaired) electrons. The Labute approximate surface area is 158 Å². The van der Waals surface area contributed by atoms with Gasteiger partial charge in [-0.05, 0) is 18.9 Å². The summed E-state index contributed by atoms with van der Waals surface area (Å²) in [7, 11) is 0. The predicted octanol–water partition coefficient (Wildman–Crippen LogP) is 4.15. The van der Waals surface area contributed by atoms with Gasteiger partial charge in [0, 0.05) is 23.8 Å². The van der Waals surface area contributed by atoms with Gasteiger partial charge in [-0.15, -0.1) is 0 Å². The fourth-order valence-corrected chi connectivity index (χ4v) is 4.72. The molecule has 1 saturated carbocycles. The van der Waals surface area contributed by atoms with Crippen molar-refractivity contribution in [1.82, 2.24) is 5.16 Å². The zero-order valence-electron chi connectivity index (χ0n) is 14.8. The molecule has 1 saturated heterocycles. The molecule has 0 bridgehead atoms. The summed E-state index contributed by atoms with van der Waals surface area (Å²) in [6, 6.07) is 1.45. The van der Waals surface area contributed by atoms with E-state index in [0.29, 0.717) is 24.4 Å². The Kier molecular flexibility index (Phi) is 5.34. The smallest absolute Gasteiger partial charge is 0.207 e. The number of rotatable bonds is 4. The van der Waals surface area contributed by atoms with Crippen molar-refractivity contribution in [2.24, 2.45) is 0 Å². The Morgan fingerprint density at radius 3 is 2.70 bits per heavy atom. The molecule has 4 rings (SSSR count). The standard InChI is InChI=1S/C18H20F2N2O4S/c1-9(23)27-13-5-3-2-4-12(13)21-17-11-8-10(18-24-6-7-25-18)14(19)15(20)16(11)26-22-17/h8,12-13,18H,2-7H2,1H3,(H,21,22)/t12-,13+/m0/s1. The number of anilines is 1. The van der Waals surface area contributed by atoms with E-state index in [4.69, 9.17) is 14.0 Å². The van der Waals surface area contributed by atoms with Gasteiger partial charge in [0.05, 0.1) is 18.6 Å². The van der Waals surface area contributed by atoms with E-state index in [1.807, 2.05) is 0 Å². The van der Waals surface area contributed by atoms with Crippen molar-refractivity contribution < 1.29 is 27.6 Å². The number of fused-ring (bicyclic) bond motifs is 1. The summed E-state index contributed by atoms with van der Waals surface area (Å²) in [5.74, 6) is -1.83. The first-order valence-corrected chi connectivity index (χ1v) is 9.87. The van der Waals surface area contributed by atoms with Gasteiger partial charge in [0.1, 0.15) is 0 Å². The molecule has 0 spiro atoms. The van der Waals surface area contributed by atoms with Crippen LogP contribution in [-0.4, -0.2) is 34.8 Å². The average Bonchev–Trinajstić information content (AvgIpc) is 3.29. The summed E-state index contributed by atoms with van der Waals surface area (Å²) in [4.78, 5) is 11.5. The lowest BCUT2D eigenvalue weighted by Gasteiger charge is -2.30. The van der Waals surface area contributed by atoms with Crippen LogP contribution in [-0.2, 0) is 14.3 Å². The molecule has 1 N–H and O–H groups in total. The maximum Gasteiger partial charge on any atom is 0.207 e. The summed E-state index contributed by atoms with van der Waals surface area (Å²) in [6.45, 7) is 2.20. The van der Waals surface area contributed by atoms with Crippen LogP contribution in [0.4, 0.5) is 14.6 Å². The number of hydrogen-bond donors (Lipinski definition) is 1. The van der Waals surface area contributed by atoms with Crippen LogP contribution in [0.1, 0.15) is 44.5 Å². The van der Waals surface area contributed by atoms with Crippen molar-refractivity contribution >= 4 is 33.7 Å². The summed E-state index contributed by atoms with van der Waals surface area (Å²) in [6.07, 6.45) is 2.92. The molecule has 1 aliphatic heterocycles. The van der Waals surface area contributed by atoms with E-state index in [0.717, 1.165) is 25.7 Å². The molecular weight excluding hydrogens is 378 g/mol. The van der Waals surface area contributed by atoms with Gasteiger partial charge in [-0.25, -0.2) is 4.39 Å². The molecule has 146 valence electrons. The zero-order chi connectivity index (χ0) is 19.0. The number of nitrogens with zero attached hydrogens (tertiary/aromatic N) is 1. The molecule has 2 aromatic rings. The Bertz CT molecular complexity index is 853. The number of halogens is 2. The molecule has 1 aromatic carbocycles. The number of carbonyl (C=O) groups is 1. The van der Waals surface area contributed by atoms with Crippen LogP contribution in [0.15, 0.2) is 10.6 Å². The van der Waals surface area contributed by atoms with Crippen LogP contribution in [0.3, 0.4) is 0 Å². The van der Waals surface area contributed by atoms with Gasteiger partial charge in [-0.1, -0.05) is 29.8 Å². The fraction of sp³-hybridized carbons (Fsp3) is 0.556. The molecule has 27 heavy (non-hydrogen) atoms. The molecule has 1 aliphatic carbocycles. The zero-order valence-corrected chi connectivity index (χ0v) is 15.6. The number of carbonyl (C=O) groups excluding carboxylic acids is 1. The normalized spacial score (nSPS) is 23.8. The number of hydrogen-bond acceptors (Lipinski definition) is 7. The number of aromatic nitrogens is 1. The van der Waals surface area contributed by atoms with Crippen LogP contribution in [0.25, 0.3) is 11.0 Å². The first-order chi connectivity index (χ1) is 13.0. The molecule has 2 heterocycles. The third kappa shape index (κ3) is 3.68. The average molecular weight is 398 g/mol. The van der Waals surface area contributed by atoms with E-state index >= 15 is 0 Å². The van der Waals surface area contributed by atoms with Crippen LogP contribution in [0.5, 0.6) is 0 Å². The lowest BCUT2D eigenvalue weighted by Crippen LogP contribution is -2.35. The van der Waals surface area contributed by atoms with E-state index in [1.165, 1.54) is 17.8 Å².